The average molecular weight is 1660 g/mol. The van der Waals surface area contributed by atoms with E-state index < -0.39 is 23.1 Å². The van der Waals surface area contributed by atoms with Gasteiger partial charge < -0.3 is 52.1 Å². The van der Waals surface area contributed by atoms with Gasteiger partial charge in [0.25, 0.3) is 0 Å². The summed E-state index contributed by atoms with van der Waals surface area (Å²) in [5.41, 5.74) is -1.17. The first-order chi connectivity index (χ1) is 58.7. The van der Waals surface area contributed by atoms with Crippen molar-refractivity contribution >= 4 is 29.8 Å². The van der Waals surface area contributed by atoms with Crippen LogP contribution in [0, 0.1) is 136 Å². The number of ether oxygens (including phenoxy) is 11. The zero-order valence-corrected chi connectivity index (χ0v) is 74.7. The molecule has 0 atom stereocenters. The number of esters is 5. The summed E-state index contributed by atoms with van der Waals surface area (Å²) in [6.07, 6.45) is 61.6. The summed E-state index contributed by atoms with van der Waals surface area (Å²) in [6.45, 7) is 13.7. The van der Waals surface area contributed by atoms with Gasteiger partial charge in [0.05, 0.1) is 62.0 Å². The van der Waals surface area contributed by atoms with E-state index in [1.54, 1.807) is 0 Å². The molecule has 11 saturated carbocycles. The van der Waals surface area contributed by atoms with Crippen molar-refractivity contribution in [1.82, 2.24) is 0 Å². The van der Waals surface area contributed by atoms with E-state index in [9.17, 15) is 24.0 Å². The van der Waals surface area contributed by atoms with Gasteiger partial charge in [-0.15, -0.1) is 0 Å². The highest BCUT2D eigenvalue weighted by molar-refractivity contribution is 5.81. The lowest BCUT2D eigenvalue weighted by Crippen LogP contribution is -2.42. The van der Waals surface area contributed by atoms with Crippen LogP contribution in [0.2, 0.25) is 0 Å². The highest BCUT2D eigenvalue weighted by atomic mass is 16.7. The quantitative estimate of drug-likeness (QED) is 0.0142. The zero-order valence-electron chi connectivity index (χ0n) is 74.7. The lowest BCUT2D eigenvalue weighted by atomic mass is 9.67. The van der Waals surface area contributed by atoms with E-state index in [1.807, 2.05) is 0 Å². The van der Waals surface area contributed by atoms with Crippen molar-refractivity contribution in [2.45, 2.75) is 415 Å². The van der Waals surface area contributed by atoms with E-state index in [-0.39, 0.29) is 79.8 Å². The molecule has 11 fully saturated rings. The van der Waals surface area contributed by atoms with Gasteiger partial charge in [-0.05, 0) is 318 Å². The van der Waals surface area contributed by atoms with Gasteiger partial charge >= 0.3 is 29.8 Å². The summed E-state index contributed by atoms with van der Waals surface area (Å²) in [5.74, 6) is 36.3. The Balaban J connectivity index is 0.579. The number of carbonyl (C=O) groups is 5. The van der Waals surface area contributed by atoms with Gasteiger partial charge in [-0.1, -0.05) is 151 Å². The summed E-state index contributed by atoms with van der Waals surface area (Å²) in [7, 11) is 0. The highest BCUT2D eigenvalue weighted by Gasteiger charge is 2.44. The minimum absolute atomic E-state index is 0.0602. The molecule has 11 aliphatic rings. The maximum absolute atomic E-state index is 14.4. The van der Waals surface area contributed by atoms with E-state index in [4.69, 9.17) is 52.1 Å². The highest BCUT2D eigenvalue weighted by Crippen LogP contribution is 2.48. The van der Waals surface area contributed by atoms with Gasteiger partial charge in [0.2, 0.25) is 0 Å². The average Bonchev–Trinajstić information content (AvgIpc) is 0.804. The molecule has 0 heterocycles. The molecule has 0 bridgehead atoms. The normalized spacial score (nSPS) is 34.1. The zero-order chi connectivity index (χ0) is 83.8. The standard InChI is InChI=1S/C104H158O16/c1-5-9-11-17-78-35-39-86(40-36-78)88-61-67-103(68-62-88,118-77-117-96-57-55-95(56-58-96)116-76-115-94-49-43-90(44-50-94)100(107)113-74-16-15-73-112-99(106)8-4)65-59-84-31-27-82(28-32-84)25-23-80-19-21-81(22-20-80)24-26-83-29-33-85(34-30-83)60-66-104(69-63-89(64-70-104)87-41-37-79(38-42-87)18-12-10-6-2)120-102(109)92-47-53-97(54-48-92)119-101(108)91-45-51-93(52-46-91)114-75-110-71-13-14-72-111-98(105)7-3/h7-8,78-97H,3-6,9-22,27-58,61-64,67-77H2,1-2H3. The van der Waals surface area contributed by atoms with Crippen LogP contribution in [0.15, 0.2) is 25.3 Å². The second-order valence-electron chi connectivity index (χ2n) is 39.1. The fraction of sp³-hybridized carbons (Fsp3) is 0.837. The van der Waals surface area contributed by atoms with E-state index in [0.29, 0.717) is 113 Å². The Bertz CT molecular complexity index is 3280. The van der Waals surface area contributed by atoms with Crippen molar-refractivity contribution < 1.29 is 76.1 Å². The number of rotatable bonds is 38. The molecule has 670 valence electrons. The van der Waals surface area contributed by atoms with Gasteiger partial charge in [-0.3, -0.25) is 14.4 Å². The van der Waals surface area contributed by atoms with Crippen LogP contribution < -0.4 is 0 Å². The maximum atomic E-state index is 14.4. The topological polar surface area (TPSA) is 187 Å². The molecule has 11 rings (SSSR count). The first-order valence-electron chi connectivity index (χ1n) is 49.6. The SMILES string of the molecule is C=CC(=O)OCCCCOCOC1CCC(C(=O)OC2CCC(C(=O)OC3(C#CC4CCC(C#CC5CCC(C#CC6CCC(C#CC7(OCOC8CCC(OCOC9CCC(C(=O)OCCCCOC(=O)C=C)CC9)CC8)CCC(C8CCC(CCCCC)CC8)CC7)CC6)CC5)CC4)CCC(C4CCC(CCCCC)CC4)CC3)CC2)CC1. The smallest absolute Gasteiger partial charge is 0.330 e. The number of hydrogen-bond acceptors (Lipinski definition) is 16. The van der Waals surface area contributed by atoms with E-state index in [0.717, 1.165) is 241 Å². The van der Waals surface area contributed by atoms with Crippen molar-refractivity contribution in [3.8, 4) is 47.4 Å². The van der Waals surface area contributed by atoms with Crippen molar-refractivity contribution in [2.24, 2.45) is 88.8 Å². The molecule has 16 nitrogen and oxygen atoms in total. The largest absolute Gasteiger partial charge is 0.465 e. The Morgan fingerprint density at radius 1 is 0.317 bits per heavy atom. The molecule has 0 aromatic heterocycles. The first-order valence-corrected chi connectivity index (χ1v) is 49.6. The lowest BCUT2D eigenvalue weighted by molar-refractivity contribution is -0.173. The van der Waals surface area contributed by atoms with Crippen LogP contribution in [0.1, 0.15) is 373 Å². The molecule has 0 N–H and O–H groups in total. The van der Waals surface area contributed by atoms with Crippen molar-refractivity contribution in [3.63, 3.8) is 0 Å². The predicted molar refractivity (Wildman–Crippen MR) is 469 cm³/mol. The van der Waals surface area contributed by atoms with Crippen molar-refractivity contribution in [1.29, 1.82) is 0 Å². The number of hydrogen-bond donors (Lipinski definition) is 0. The van der Waals surface area contributed by atoms with E-state index in [2.05, 4.69) is 74.4 Å². The Morgan fingerprint density at radius 3 is 1.07 bits per heavy atom. The van der Waals surface area contributed by atoms with E-state index >= 15 is 0 Å². The molecule has 0 aromatic carbocycles. The van der Waals surface area contributed by atoms with Crippen LogP contribution in [0.5, 0.6) is 0 Å². The Morgan fingerprint density at radius 2 is 0.650 bits per heavy atom. The molecule has 16 heteroatoms. The van der Waals surface area contributed by atoms with Gasteiger partial charge in [0, 0.05) is 54.3 Å². The van der Waals surface area contributed by atoms with E-state index in [1.165, 1.54) is 122 Å². The third-order valence-corrected chi connectivity index (χ3v) is 30.5. The van der Waals surface area contributed by atoms with Crippen LogP contribution in [0.25, 0.3) is 0 Å². The molecule has 11 aliphatic carbocycles. The molecular weight excluding hydrogens is 1510 g/mol. The Kier molecular flexibility index (Phi) is 41.9. The van der Waals surface area contributed by atoms with Crippen LogP contribution in [-0.4, -0.2) is 118 Å². The molecule has 0 spiro atoms. The van der Waals surface area contributed by atoms with Gasteiger partial charge in [0.15, 0.2) is 5.60 Å². The summed E-state index contributed by atoms with van der Waals surface area (Å²) < 4.78 is 66.1. The molecule has 0 saturated heterocycles. The van der Waals surface area contributed by atoms with Gasteiger partial charge in [-0.25, -0.2) is 9.59 Å². The maximum Gasteiger partial charge on any atom is 0.330 e. The Labute approximate surface area is 725 Å². The third-order valence-electron chi connectivity index (χ3n) is 30.5. The summed E-state index contributed by atoms with van der Waals surface area (Å²) in [5, 5.41) is 0. The second kappa shape index (κ2) is 52.7. The molecule has 0 aromatic rings. The molecular formula is C104H158O16. The lowest BCUT2D eigenvalue weighted by Gasteiger charge is -2.42. The van der Waals surface area contributed by atoms with Crippen molar-refractivity contribution in [2.75, 3.05) is 46.8 Å². The molecule has 0 amide bonds. The monoisotopic (exact) mass is 1660 g/mol. The van der Waals surface area contributed by atoms with Crippen LogP contribution in [-0.2, 0) is 76.1 Å². The summed E-state index contributed by atoms with van der Waals surface area (Å²) >= 11 is 0. The first kappa shape index (κ1) is 95.5. The predicted octanol–water partition coefficient (Wildman–Crippen LogP) is 22.7. The fourth-order valence-electron chi connectivity index (χ4n) is 22.3. The minimum Gasteiger partial charge on any atom is -0.465 e. The van der Waals surface area contributed by atoms with Crippen LogP contribution in [0.4, 0.5) is 0 Å². The summed E-state index contributed by atoms with van der Waals surface area (Å²) in [6, 6.07) is 0. The Hall–Kier alpha value is -5.17. The fourth-order valence-corrected chi connectivity index (χ4v) is 22.3. The molecule has 0 radical (unpaired) electrons. The minimum atomic E-state index is -0.730. The number of carbonyl (C=O) groups excluding carboxylic acids is 5. The number of unbranched alkanes of at least 4 members (excludes halogenated alkanes) is 6. The molecule has 120 heavy (non-hydrogen) atoms. The summed E-state index contributed by atoms with van der Waals surface area (Å²) in [4.78, 5) is 63.0. The van der Waals surface area contributed by atoms with Crippen LogP contribution in [0.3, 0.4) is 0 Å². The van der Waals surface area contributed by atoms with Gasteiger partial charge in [0.1, 0.15) is 32.1 Å². The van der Waals surface area contributed by atoms with Gasteiger partial charge in [-0.2, -0.15) is 0 Å². The second-order valence-corrected chi connectivity index (χ2v) is 39.1. The third kappa shape index (κ3) is 33.0. The molecule has 0 aliphatic heterocycles. The van der Waals surface area contributed by atoms with Crippen molar-refractivity contribution in [3.05, 3.63) is 25.3 Å². The molecule has 0 unspecified atom stereocenters. The van der Waals surface area contributed by atoms with Crippen LogP contribution >= 0.6 is 0 Å².